The molecular weight excluding hydrogens is 324 g/mol. The van der Waals surface area contributed by atoms with Crippen molar-refractivity contribution < 1.29 is 18.8 Å². The number of nitrogens with one attached hydrogen (secondary N) is 1. The van der Waals surface area contributed by atoms with E-state index in [-0.39, 0.29) is 29.4 Å². The zero-order valence-electron chi connectivity index (χ0n) is 13.8. The average molecular weight is 342 g/mol. The van der Waals surface area contributed by atoms with Crippen LogP contribution in [0.2, 0.25) is 0 Å². The minimum absolute atomic E-state index is 0.000513. The van der Waals surface area contributed by atoms with E-state index < -0.39 is 0 Å². The highest BCUT2D eigenvalue weighted by molar-refractivity contribution is 6.03. The number of hydrogen-bond donors (Lipinski definition) is 1. The van der Waals surface area contributed by atoms with Gasteiger partial charge in [-0.3, -0.25) is 19.7 Å². The minimum Gasteiger partial charge on any atom is -0.431 e. The van der Waals surface area contributed by atoms with E-state index in [0.717, 1.165) is 0 Å². The molecule has 8 nitrogen and oxygen atoms in total. The van der Waals surface area contributed by atoms with Crippen molar-refractivity contribution in [1.82, 2.24) is 14.8 Å². The van der Waals surface area contributed by atoms with Crippen LogP contribution in [0.15, 0.2) is 41.0 Å². The third-order valence-electron chi connectivity index (χ3n) is 3.99. The summed E-state index contributed by atoms with van der Waals surface area (Å²) in [6.07, 6.45) is 1.22. The van der Waals surface area contributed by atoms with Gasteiger partial charge in [0.1, 0.15) is 6.26 Å². The molecule has 0 unspecified atom stereocenters. The van der Waals surface area contributed by atoms with Gasteiger partial charge in [-0.15, -0.1) is 0 Å². The summed E-state index contributed by atoms with van der Waals surface area (Å²) in [4.78, 5) is 43.1. The summed E-state index contributed by atoms with van der Waals surface area (Å²) >= 11 is 0. The molecule has 25 heavy (non-hydrogen) atoms. The number of amides is 3. The Labute approximate surface area is 144 Å². The Morgan fingerprint density at radius 2 is 1.68 bits per heavy atom. The third kappa shape index (κ3) is 3.85. The zero-order chi connectivity index (χ0) is 17.8. The van der Waals surface area contributed by atoms with Crippen LogP contribution >= 0.6 is 0 Å². The number of benzene rings is 1. The smallest absolute Gasteiger partial charge is 0.302 e. The first-order valence-corrected chi connectivity index (χ1v) is 7.91. The zero-order valence-corrected chi connectivity index (χ0v) is 13.8. The highest BCUT2D eigenvalue weighted by Gasteiger charge is 2.25. The molecule has 1 fully saturated rings. The molecule has 8 heteroatoms. The standard InChI is InChI=1S/C17H18N4O4/c1-12(22)20-7-9-21(10-8-20)16(24)14-11-25-17(18-14)19-15(23)13-5-3-2-4-6-13/h2-6,11H,7-10H2,1H3,(H,18,19,23). The lowest BCUT2D eigenvalue weighted by Gasteiger charge is -2.33. The first kappa shape index (κ1) is 16.7. The average Bonchev–Trinajstić information content (AvgIpc) is 3.10. The molecule has 1 N–H and O–H groups in total. The number of carbonyl (C=O) groups excluding carboxylic acids is 3. The molecular formula is C17H18N4O4. The predicted molar refractivity (Wildman–Crippen MR) is 89.1 cm³/mol. The Morgan fingerprint density at radius 1 is 1.04 bits per heavy atom. The van der Waals surface area contributed by atoms with Crippen LogP contribution in [-0.4, -0.2) is 58.7 Å². The fraction of sp³-hybridized carbons (Fsp3) is 0.294. The Bertz CT molecular complexity index is 779. The van der Waals surface area contributed by atoms with Gasteiger partial charge in [0.15, 0.2) is 5.69 Å². The molecule has 1 saturated heterocycles. The van der Waals surface area contributed by atoms with Crippen molar-refractivity contribution in [2.75, 3.05) is 31.5 Å². The van der Waals surface area contributed by atoms with Crippen molar-refractivity contribution in [3.63, 3.8) is 0 Å². The number of oxazole rings is 1. The summed E-state index contributed by atoms with van der Waals surface area (Å²) in [6.45, 7) is 3.39. The van der Waals surface area contributed by atoms with E-state index >= 15 is 0 Å². The van der Waals surface area contributed by atoms with Gasteiger partial charge in [-0.1, -0.05) is 18.2 Å². The van der Waals surface area contributed by atoms with E-state index in [0.29, 0.717) is 31.7 Å². The first-order chi connectivity index (χ1) is 12.0. The van der Waals surface area contributed by atoms with Gasteiger partial charge >= 0.3 is 6.01 Å². The Balaban J connectivity index is 1.60. The summed E-state index contributed by atoms with van der Waals surface area (Å²) in [7, 11) is 0. The third-order valence-corrected chi connectivity index (χ3v) is 3.99. The van der Waals surface area contributed by atoms with Crippen LogP contribution in [0.25, 0.3) is 0 Å². The maximum absolute atomic E-state index is 12.4. The van der Waals surface area contributed by atoms with Gasteiger partial charge in [-0.05, 0) is 12.1 Å². The number of carbonyl (C=O) groups is 3. The second kappa shape index (κ2) is 7.16. The Morgan fingerprint density at radius 3 is 2.32 bits per heavy atom. The summed E-state index contributed by atoms with van der Waals surface area (Å²) in [5.41, 5.74) is 0.591. The summed E-state index contributed by atoms with van der Waals surface area (Å²) in [5.74, 6) is -0.650. The van der Waals surface area contributed by atoms with Gasteiger partial charge in [-0.2, -0.15) is 4.98 Å². The fourth-order valence-corrected chi connectivity index (χ4v) is 2.57. The van der Waals surface area contributed by atoms with Crippen molar-refractivity contribution in [1.29, 1.82) is 0 Å². The second-order valence-corrected chi connectivity index (χ2v) is 5.66. The van der Waals surface area contributed by atoms with E-state index in [4.69, 9.17) is 4.42 Å². The van der Waals surface area contributed by atoms with Gasteiger partial charge in [0.2, 0.25) is 5.91 Å². The van der Waals surface area contributed by atoms with E-state index in [9.17, 15) is 14.4 Å². The van der Waals surface area contributed by atoms with Crippen molar-refractivity contribution in [3.8, 4) is 0 Å². The number of aromatic nitrogens is 1. The molecule has 130 valence electrons. The lowest BCUT2D eigenvalue weighted by molar-refractivity contribution is -0.130. The lowest BCUT2D eigenvalue weighted by atomic mass is 10.2. The molecule has 1 aromatic heterocycles. The number of nitrogens with zero attached hydrogens (tertiary/aromatic N) is 3. The highest BCUT2D eigenvalue weighted by atomic mass is 16.4. The topological polar surface area (TPSA) is 95.8 Å². The normalized spacial score (nSPS) is 14.3. The quantitative estimate of drug-likeness (QED) is 0.905. The van der Waals surface area contributed by atoms with Gasteiger partial charge < -0.3 is 14.2 Å². The molecule has 2 heterocycles. The van der Waals surface area contributed by atoms with Gasteiger partial charge in [0.25, 0.3) is 11.8 Å². The molecule has 0 spiro atoms. The van der Waals surface area contributed by atoms with E-state index in [1.165, 1.54) is 13.2 Å². The van der Waals surface area contributed by atoms with Crippen LogP contribution in [0, 0.1) is 0 Å². The molecule has 1 aliphatic heterocycles. The van der Waals surface area contributed by atoms with Crippen LogP contribution in [0.3, 0.4) is 0 Å². The van der Waals surface area contributed by atoms with E-state index in [2.05, 4.69) is 10.3 Å². The Hall–Kier alpha value is -3.16. The van der Waals surface area contributed by atoms with Gasteiger partial charge in [0.05, 0.1) is 0 Å². The number of hydrogen-bond acceptors (Lipinski definition) is 5. The number of rotatable bonds is 3. The maximum atomic E-state index is 12.4. The molecule has 0 saturated carbocycles. The van der Waals surface area contributed by atoms with Crippen molar-refractivity contribution in [2.24, 2.45) is 0 Å². The van der Waals surface area contributed by atoms with Gasteiger partial charge in [0, 0.05) is 38.7 Å². The molecule has 0 radical (unpaired) electrons. The Kier molecular flexibility index (Phi) is 4.78. The maximum Gasteiger partial charge on any atom is 0.302 e. The predicted octanol–water partition coefficient (Wildman–Crippen LogP) is 1.23. The monoisotopic (exact) mass is 342 g/mol. The highest BCUT2D eigenvalue weighted by Crippen LogP contribution is 2.13. The molecule has 2 aromatic rings. The summed E-state index contributed by atoms with van der Waals surface area (Å²) in [6, 6.07) is 8.61. The largest absolute Gasteiger partial charge is 0.431 e. The van der Waals surface area contributed by atoms with Crippen LogP contribution in [0.4, 0.5) is 6.01 Å². The van der Waals surface area contributed by atoms with E-state index in [1.807, 2.05) is 6.07 Å². The molecule has 0 aliphatic carbocycles. The summed E-state index contributed by atoms with van der Waals surface area (Å²) in [5, 5.41) is 2.52. The van der Waals surface area contributed by atoms with E-state index in [1.54, 1.807) is 34.1 Å². The van der Waals surface area contributed by atoms with Crippen molar-refractivity contribution in [3.05, 3.63) is 47.9 Å². The molecule has 3 amide bonds. The summed E-state index contributed by atoms with van der Waals surface area (Å²) < 4.78 is 5.17. The number of piperazine rings is 1. The van der Waals surface area contributed by atoms with Crippen LogP contribution in [0.5, 0.6) is 0 Å². The van der Waals surface area contributed by atoms with Crippen molar-refractivity contribution >= 4 is 23.7 Å². The van der Waals surface area contributed by atoms with Crippen LogP contribution in [0.1, 0.15) is 27.8 Å². The molecule has 1 aromatic carbocycles. The first-order valence-electron chi connectivity index (χ1n) is 7.91. The fourth-order valence-electron chi connectivity index (χ4n) is 2.57. The molecule has 0 bridgehead atoms. The lowest BCUT2D eigenvalue weighted by Crippen LogP contribution is -2.50. The van der Waals surface area contributed by atoms with Gasteiger partial charge in [-0.25, -0.2) is 0 Å². The van der Waals surface area contributed by atoms with Crippen molar-refractivity contribution in [2.45, 2.75) is 6.92 Å². The molecule has 0 atom stereocenters. The molecule has 1 aliphatic rings. The van der Waals surface area contributed by atoms with Crippen LogP contribution < -0.4 is 5.32 Å². The van der Waals surface area contributed by atoms with Crippen LogP contribution in [-0.2, 0) is 4.79 Å². The minimum atomic E-state index is -0.364. The second-order valence-electron chi connectivity index (χ2n) is 5.66. The molecule has 3 rings (SSSR count). The SMILES string of the molecule is CC(=O)N1CCN(C(=O)c2coc(NC(=O)c3ccccc3)n2)CC1. The number of anilines is 1.